The number of aromatic nitrogens is 3. The molecule has 2 aliphatic heterocycles. The van der Waals surface area contributed by atoms with Crippen molar-refractivity contribution in [2.45, 2.75) is 6.85 Å². The van der Waals surface area contributed by atoms with Gasteiger partial charge in [-0.05, 0) is 87.5 Å². The third kappa shape index (κ3) is 8.07. The smallest absolute Gasteiger partial charge is 0.156 e. The second-order valence-electron chi connectivity index (χ2n) is 21.8. The molecule has 416 valence electrons. The predicted octanol–water partition coefficient (Wildman–Crippen LogP) is 17.1. The fourth-order valence-corrected chi connectivity index (χ4v) is 19.2. The molecule has 0 atom stereocenters. The molecule has 0 bridgehead atoms. The Balaban J connectivity index is 0.00000686. The number of hydrogen-bond donors (Lipinski definition) is 0. The Kier molecular flexibility index (Phi) is 11.1. The van der Waals surface area contributed by atoms with Gasteiger partial charge in [0.1, 0.15) is 5.82 Å². The maximum absolute atomic E-state index is 8.81. The molecule has 17 rings (SSSR count). The quantitative estimate of drug-likeness (QED) is 0.101. The molecule has 15 aromatic rings. The van der Waals surface area contributed by atoms with E-state index in [1.54, 1.807) is 30.5 Å². The standard InChI is InChI=1S/C79H52N5OSi.Pt/c1-53-47-48-80-75(49-53)84-67-41-20-16-35-63(67)76-71(84)51-73(77-64-36-17-23-44-74(64)86(79(76)77,57-29-10-4-11-30-57)58-31-12-5-13-32-58)85-72-50-56(45-46-70(72)83-65-39-18-14-33-61(65)62-34-15-19-40-66(62)83)81-52-82(69-43-22-21-42-68(69)81)78-59(54-25-6-2-7-26-54)37-24-38-60(78)55-27-8-3-9-28-55;/h2-49,52H,1H3;/q-3;/i1D3,2D,6D,7D;. The van der Waals surface area contributed by atoms with Crippen molar-refractivity contribution in [1.29, 1.82) is 0 Å². The van der Waals surface area contributed by atoms with Gasteiger partial charge in [-0.15, -0.1) is 47.2 Å². The molecular formula is C79H52N5OPtSi-3. The van der Waals surface area contributed by atoms with Crippen LogP contribution in [-0.4, -0.2) is 22.2 Å². The summed E-state index contributed by atoms with van der Waals surface area (Å²) in [7, 11) is -3.39. The fourth-order valence-electron chi connectivity index (χ4n) is 13.8. The number of aryl methyl sites for hydroxylation is 1. The van der Waals surface area contributed by atoms with Crippen LogP contribution < -0.4 is 35.3 Å². The van der Waals surface area contributed by atoms with E-state index in [0.29, 0.717) is 34.1 Å². The molecule has 5 heterocycles. The molecule has 0 saturated heterocycles. The normalized spacial score (nSPS) is 14.2. The van der Waals surface area contributed by atoms with E-state index in [4.69, 9.17) is 17.9 Å². The number of ether oxygens (including phenoxy) is 1. The van der Waals surface area contributed by atoms with Gasteiger partial charge in [0.2, 0.25) is 0 Å². The molecular weight excluding hydrogens is 1260 g/mol. The molecule has 0 fully saturated rings. The summed E-state index contributed by atoms with van der Waals surface area (Å²) < 4.78 is 64.3. The number of benzene rings is 12. The molecule has 87 heavy (non-hydrogen) atoms. The Morgan fingerprint density at radius 1 is 0.483 bits per heavy atom. The monoisotopic (exact) mass is 1320 g/mol. The van der Waals surface area contributed by atoms with Gasteiger partial charge < -0.3 is 23.7 Å². The Morgan fingerprint density at radius 2 is 1.05 bits per heavy atom. The van der Waals surface area contributed by atoms with Gasteiger partial charge in [0.15, 0.2) is 8.07 Å². The van der Waals surface area contributed by atoms with Gasteiger partial charge in [0, 0.05) is 98.4 Å². The Bertz CT molecular complexity index is 5370. The molecule has 0 radical (unpaired) electrons. The second-order valence-corrected chi connectivity index (χ2v) is 25.5. The van der Waals surface area contributed by atoms with E-state index in [0.717, 1.165) is 93.8 Å². The van der Waals surface area contributed by atoms with Crippen molar-refractivity contribution in [1.82, 2.24) is 14.1 Å². The first-order valence-electron chi connectivity index (χ1n) is 31.8. The summed E-state index contributed by atoms with van der Waals surface area (Å²) in [5.74, 6) is 1.32. The number of pyridine rings is 1. The molecule has 3 aromatic heterocycles. The van der Waals surface area contributed by atoms with E-state index in [1.807, 2.05) is 48.5 Å². The molecule has 6 nitrogen and oxygen atoms in total. The van der Waals surface area contributed by atoms with Crippen LogP contribution in [-0.2, 0) is 21.1 Å². The number of nitrogens with zero attached hydrogens (tertiary/aromatic N) is 5. The minimum absolute atomic E-state index is 0. The van der Waals surface area contributed by atoms with Gasteiger partial charge in [-0.1, -0.05) is 252 Å². The number of fused-ring (bicyclic) bond motifs is 11. The van der Waals surface area contributed by atoms with Crippen molar-refractivity contribution in [3.8, 4) is 56.4 Å². The third-order valence-corrected chi connectivity index (χ3v) is 22.2. The Morgan fingerprint density at radius 3 is 1.72 bits per heavy atom. The van der Waals surface area contributed by atoms with Crippen LogP contribution in [0.5, 0.6) is 11.5 Å². The van der Waals surface area contributed by atoms with Crippen LogP contribution >= 0.6 is 0 Å². The summed E-state index contributed by atoms with van der Waals surface area (Å²) in [6.07, 6.45) is 1.58. The summed E-state index contributed by atoms with van der Waals surface area (Å²) in [5.41, 5.74) is 12.9. The number of para-hydroxylation sites is 6. The van der Waals surface area contributed by atoms with Crippen LogP contribution in [0.2, 0.25) is 0 Å². The molecule has 0 amide bonds. The van der Waals surface area contributed by atoms with Crippen molar-refractivity contribution in [3.63, 3.8) is 0 Å². The van der Waals surface area contributed by atoms with Crippen LogP contribution in [0.3, 0.4) is 0 Å². The zero-order valence-electron chi connectivity index (χ0n) is 52.5. The van der Waals surface area contributed by atoms with Crippen molar-refractivity contribution in [2.24, 2.45) is 0 Å². The second kappa shape index (κ2) is 21.0. The van der Waals surface area contributed by atoms with Crippen molar-refractivity contribution in [2.75, 3.05) is 9.80 Å². The largest absolute Gasteiger partial charge is 0.506 e. The van der Waals surface area contributed by atoms with E-state index in [1.165, 1.54) is 15.6 Å². The maximum Gasteiger partial charge on any atom is 0.156 e. The van der Waals surface area contributed by atoms with Crippen molar-refractivity contribution in [3.05, 3.63) is 316 Å². The van der Waals surface area contributed by atoms with E-state index >= 15 is 0 Å². The van der Waals surface area contributed by atoms with Crippen LogP contribution in [0.25, 0.3) is 88.5 Å². The minimum Gasteiger partial charge on any atom is -0.506 e. The van der Waals surface area contributed by atoms with Gasteiger partial charge >= 0.3 is 0 Å². The van der Waals surface area contributed by atoms with Gasteiger partial charge in [-0.2, -0.15) is 0 Å². The SMILES string of the molecule is [2H]c1cc(-c2cccc(-c3ccccc3)c2N2[CH-]N(c3[c-]c(Oc4[c-]c5c(c6c4-c4ccccc4[Si]6(c4ccccc4)c4ccccc4)c4ccccc4n5-c4cc(C([2H])([2H])[2H])ccn4)c(-n4c5ccccc5c5ccccc54)cc3)c3ccccc32)cc([2H])c1[2H].[Pt]. The molecule has 0 spiro atoms. The van der Waals surface area contributed by atoms with Crippen LogP contribution in [0, 0.1) is 25.7 Å². The maximum atomic E-state index is 8.81. The Labute approximate surface area is 528 Å². The number of anilines is 4. The molecule has 0 aliphatic carbocycles. The molecule has 12 aromatic carbocycles. The summed E-state index contributed by atoms with van der Waals surface area (Å²) in [4.78, 5) is 9.30. The summed E-state index contributed by atoms with van der Waals surface area (Å²) >= 11 is 0. The topological polar surface area (TPSA) is 38.5 Å². The van der Waals surface area contributed by atoms with E-state index in [2.05, 4.69) is 232 Å². The van der Waals surface area contributed by atoms with Crippen LogP contribution in [0.4, 0.5) is 22.7 Å². The first kappa shape index (κ1) is 46.0. The molecule has 0 unspecified atom stereocenters. The minimum atomic E-state index is -3.39. The molecule has 8 heteroatoms. The summed E-state index contributed by atoms with van der Waals surface area (Å²) in [6.45, 7) is -0.326. The van der Waals surface area contributed by atoms with Crippen LogP contribution in [0.1, 0.15) is 13.8 Å². The predicted molar refractivity (Wildman–Crippen MR) is 357 cm³/mol. The molecule has 0 N–H and O–H groups in total. The number of rotatable bonds is 10. The third-order valence-electron chi connectivity index (χ3n) is 17.3. The van der Waals surface area contributed by atoms with E-state index in [-0.39, 0.29) is 44.8 Å². The van der Waals surface area contributed by atoms with E-state index < -0.39 is 14.9 Å². The van der Waals surface area contributed by atoms with Gasteiger partial charge in [-0.25, -0.2) is 4.98 Å². The number of hydrogen-bond acceptors (Lipinski definition) is 4. The first-order valence-corrected chi connectivity index (χ1v) is 30.8. The fraction of sp³-hybridized carbons (Fsp3) is 0.0127. The van der Waals surface area contributed by atoms with E-state index in [9.17, 15) is 0 Å². The van der Waals surface area contributed by atoms with Gasteiger partial charge in [0.05, 0.1) is 4.11 Å². The average Bonchev–Trinajstić information content (AvgIpc) is 1.52. The zero-order chi connectivity index (χ0) is 62.0. The summed E-state index contributed by atoms with van der Waals surface area (Å²) in [5, 5.41) is 8.80. The van der Waals surface area contributed by atoms with Gasteiger partial charge in [-0.3, -0.25) is 0 Å². The Hall–Kier alpha value is -10.3. The first-order chi connectivity index (χ1) is 45.0. The van der Waals surface area contributed by atoms with Gasteiger partial charge in [0.25, 0.3) is 0 Å². The van der Waals surface area contributed by atoms with Crippen molar-refractivity contribution < 1.29 is 34.0 Å². The molecule has 0 saturated carbocycles. The van der Waals surface area contributed by atoms with Crippen molar-refractivity contribution >= 4 is 95.2 Å². The van der Waals surface area contributed by atoms with Crippen LogP contribution in [0.15, 0.2) is 291 Å². The molecule has 2 aliphatic rings. The summed E-state index contributed by atoms with van der Waals surface area (Å²) in [6, 6.07) is 99.0. The average molecular weight is 1320 g/mol. The zero-order valence-corrected chi connectivity index (χ0v) is 49.8.